The van der Waals surface area contributed by atoms with Crippen molar-refractivity contribution < 1.29 is 14.6 Å². The number of esters is 1. The van der Waals surface area contributed by atoms with Crippen LogP contribution in [0.15, 0.2) is 59.8 Å². The molecule has 2 aliphatic carbocycles. The summed E-state index contributed by atoms with van der Waals surface area (Å²) in [6, 6.07) is 0. The molecule has 0 spiro atoms. The molecule has 3 heteroatoms. The molecule has 2 aliphatic rings. The van der Waals surface area contributed by atoms with E-state index in [-0.39, 0.29) is 18.5 Å². The largest absolute Gasteiger partial charge is 0.465 e. The van der Waals surface area contributed by atoms with Crippen LogP contribution in [0.4, 0.5) is 0 Å². The molecule has 0 saturated carbocycles. The van der Waals surface area contributed by atoms with Crippen molar-refractivity contribution in [1.82, 2.24) is 0 Å². The average molecular weight is 300 g/mol. The summed E-state index contributed by atoms with van der Waals surface area (Å²) < 4.78 is 4.78. The number of hydrogen-bond acceptors (Lipinski definition) is 3. The predicted octanol–water partition coefficient (Wildman–Crippen LogP) is 3.49. The number of ether oxygens (including phenoxy) is 1. The predicted molar refractivity (Wildman–Crippen MR) is 88.1 cm³/mol. The molecule has 1 N–H and O–H groups in total. The van der Waals surface area contributed by atoms with Gasteiger partial charge in [-0.25, -0.2) is 4.79 Å². The molecule has 3 nitrogen and oxygen atoms in total. The van der Waals surface area contributed by atoms with Crippen LogP contribution in [0.3, 0.4) is 0 Å². The lowest BCUT2D eigenvalue weighted by atomic mass is 9.79. The molecule has 0 bridgehead atoms. The Hall–Kier alpha value is -1.87. The van der Waals surface area contributed by atoms with Gasteiger partial charge in [-0.3, -0.25) is 0 Å². The van der Waals surface area contributed by atoms with Crippen LogP contribution in [0.2, 0.25) is 0 Å². The molecule has 0 saturated heterocycles. The zero-order chi connectivity index (χ0) is 15.9. The normalized spacial score (nSPS) is 22.6. The number of fused-ring (bicyclic) bond motifs is 1. The molecule has 0 fully saturated rings. The van der Waals surface area contributed by atoms with Gasteiger partial charge in [-0.15, -0.1) is 0 Å². The lowest BCUT2D eigenvalue weighted by Crippen LogP contribution is -2.17. The first-order valence-electron chi connectivity index (χ1n) is 7.83. The van der Waals surface area contributed by atoms with Gasteiger partial charge in [0, 0.05) is 18.4 Å². The summed E-state index contributed by atoms with van der Waals surface area (Å²) in [7, 11) is 1.40. The molecule has 0 aromatic rings. The number of hydrogen-bond donors (Lipinski definition) is 1. The second-order valence-electron chi connectivity index (χ2n) is 5.75. The first kappa shape index (κ1) is 16.5. The van der Waals surface area contributed by atoms with E-state index in [1.165, 1.54) is 7.11 Å². The van der Waals surface area contributed by atoms with Crippen LogP contribution >= 0.6 is 0 Å². The van der Waals surface area contributed by atoms with Gasteiger partial charge in [-0.2, -0.15) is 0 Å². The minimum atomic E-state index is -0.290. The number of aliphatic hydroxyl groups excluding tert-OH is 1. The van der Waals surface area contributed by atoms with E-state index in [0.29, 0.717) is 11.5 Å². The molecular weight excluding hydrogens is 276 g/mol. The van der Waals surface area contributed by atoms with Crippen LogP contribution in [-0.4, -0.2) is 24.8 Å². The van der Waals surface area contributed by atoms with Gasteiger partial charge in [0.05, 0.1) is 12.7 Å². The number of rotatable bonds is 7. The van der Waals surface area contributed by atoms with E-state index in [4.69, 9.17) is 9.84 Å². The Bertz CT molecular complexity index is 549. The van der Waals surface area contributed by atoms with Crippen molar-refractivity contribution in [3.8, 4) is 0 Å². The van der Waals surface area contributed by atoms with E-state index in [1.54, 1.807) is 0 Å². The zero-order valence-electron chi connectivity index (χ0n) is 13.1. The average Bonchev–Trinajstić information content (AvgIpc) is 2.56. The Morgan fingerprint density at radius 3 is 2.50 bits per heavy atom. The van der Waals surface area contributed by atoms with E-state index in [2.05, 4.69) is 24.8 Å². The van der Waals surface area contributed by atoms with Gasteiger partial charge in [-0.05, 0) is 30.4 Å². The Morgan fingerprint density at radius 1 is 1.14 bits per heavy atom. The van der Waals surface area contributed by atoms with E-state index in [1.807, 2.05) is 18.2 Å². The van der Waals surface area contributed by atoms with Crippen molar-refractivity contribution in [2.75, 3.05) is 13.7 Å². The van der Waals surface area contributed by atoms with Crippen molar-refractivity contribution in [3.63, 3.8) is 0 Å². The Balaban J connectivity index is 2.01. The van der Waals surface area contributed by atoms with Crippen LogP contribution in [0.25, 0.3) is 0 Å². The summed E-state index contributed by atoms with van der Waals surface area (Å²) >= 11 is 0. The maximum atomic E-state index is 11.6. The van der Waals surface area contributed by atoms with E-state index in [9.17, 15) is 4.79 Å². The Labute approximate surface area is 132 Å². The molecule has 0 heterocycles. The molecule has 2 rings (SSSR count). The van der Waals surface area contributed by atoms with Gasteiger partial charge in [0.1, 0.15) is 0 Å². The SMILES string of the molecule is C=C(CCCCCO)C1=CC2C=C(C(=O)OC)C=CC2C=C1. The third-order valence-electron chi connectivity index (χ3n) is 4.15. The molecule has 0 amide bonds. The number of carbonyl (C=O) groups is 1. The third kappa shape index (κ3) is 4.08. The van der Waals surface area contributed by atoms with Gasteiger partial charge in [-0.1, -0.05) is 49.5 Å². The summed E-state index contributed by atoms with van der Waals surface area (Å²) in [4.78, 5) is 11.6. The van der Waals surface area contributed by atoms with Crippen LogP contribution in [0, 0.1) is 11.8 Å². The fourth-order valence-corrected chi connectivity index (χ4v) is 2.81. The van der Waals surface area contributed by atoms with Crippen LogP contribution < -0.4 is 0 Å². The first-order valence-corrected chi connectivity index (χ1v) is 7.83. The van der Waals surface area contributed by atoms with Crippen molar-refractivity contribution in [2.24, 2.45) is 11.8 Å². The molecule has 2 unspecified atom stereocenters. The fourth-order valence-electron chi connectivity index (χ4n) is 2.81. The highest BCUT2D eigenvalue weighted by atomic mass is 16.5. The topological polar surface area (TPSA) is 46.5 Å². The quantitative estimate of drug-likeness (QED) is 0.578. The van der Waals surface area contributed by atoms with Gasteiger partial charge in [0.15, 0.2) is 0 Å². The summed E-state index contributed by atoms with van der Waals surface area (Å²) in [5.74, 6) is 0.203. The molecule has 0 radical (unpaired) electrons. The van der Waals surface area contributed by atoms with Gasteiger partial charge < -0.3 is 9.84 Å². The number of carbonyl (C=O) groups excluding carboxylic acids is 1. The minimum Gasteiger partial charge on any atom is -0.465 e. The second kappa shape index (κ2) is 7.95. The first-order chi connectivity index (χ1) is 10.7. The van der Waals surface area contributed by atoms with Crippen molar-refractivity contribution in [3.05, 3.63) is 59.8 Å². The number of methoxy groups -OCH3 is 1. The summed E-state index contributed by atoms with van der Waals surface area (Å²) in [5, 5.41) is 8.80. The minimum absolute atomic E-state index is 0.188. The maximum Gasteiger partial charge on any atom is 0.337 e. The standard InChI is InChI=1S/C19H24O3/c1-14(6-4-3-5-11-20)16-9-7-15-8-10-17(19(21)22-2)13-18(15)12-16/h7-10,12-13,15,18,20H,1,3-6,11H2,2H3. The molecule has 22 heavy (non-hydrogen) atoms. The number of aliphatic hydroxyl groups is 1. The van der Waals surface area contributed by atoms with Crippen LogP contribution in [-0.2, 0) is 9.53 Å². The van der Waals surface area contributed by atoms with Crippen molar-refractivity contribution >= 4 is 5.97 Å². The van der Waals surface area contributed by atoms with E-state index in [0.717, 1.165) is 36.8 Å². The Kier molecular flexibility index (Phi) is 5.96. The zero-order valence-corrected chi connectivity index (χ0v) is 13.1. The highest BCUT2D eigenvalue weighted by Crippen LogP contribution is 2.33. The molecule has 0 aromatic heterocycles. The molecule has 0 aromatic carbocycles. The fraction of sp³-hybridized carbons (Fsp3) is 0.421. The maximum absolute atomic E-state index is 11.6. The lowest BCUT2D eigenvalue weighted by Gasteiger charge is -2.25. The van der Waals surface area contributed by atoms with E-state index >= 15 is 0 Å². The number of unbranched alkanes of at least 4 members (excludes halogenated alkanes) is 2. The van der Waals surface area contributed by atoms with Gasteiger partial charge in [0.2, 0.25) is 0 Å². The highest BCUT2D eigenvalue weighted by molar-refractivity contribution is 5.91. The second-order valence-corrected chi connectivity index (χ2v) is 5.75. The smallest absolute Gasteiger partial charge is 0.337 e. The lowest BCUT2D eigenvalue weighted by molar-refractivity contribution is -0.135. The highest BCUT2D eigenvalue weighted by Gasteiger charge is 2.23. The van der Waals surface area contributed by atoms with E-state index < -0.39 is 0 Å². The third-order valence-corrected chi connectivity index (χ3v) is 4.15. The van der Waals surface area contributed by atoms with Gasteiger partial charge >= 0.3 is 5.97 Å². The van der Waals surface area contributed by atoms with Crippen LogP contribution in [0.5, 0.6) is 0 Å². The Morgan fingerprint density at radius 2 is 1.82 bits per heavy atom. The van der Waals surface area contributed by atoms with Gasteiger partial charge in [0.25, 0.3) is 0 Å². The van der Waals surface area contributed by atoms with Crippen molar-refractivity contribution in [1.29, 1.82) is 0 Å². The summed E-state index contributed by atoms with van der Waals surface area (Å²) in [5.41, 5.74) is 2.89. The van der Waals surface area contributed by atoms with Crippen LogP contribution in [0.1, 0.15) is 25.7 Å². The molecule has 118 valence electrons. The molecule has 2 atom stereocenters. The monoisotopic (exact) mass is 300 g/mol. The molecule has 0 aliphatic heterocycles. The molecular formula is C19H24O3. The summed E-state index contributed by atoms with van der Waals surface area (Å²) in [6.07, 6.45) is 16.2. The summed E-state index contributed by atoms with van der Waals surface area (Å²) in [6.45, 7) is 4.43. The van der Waals surface area contributed by atoms with Crippen molar-refractivity contribution in [2.45, 2.75) is 25.7 Å². The number of allylic oxidation sites excluding steroid dienone is 7.